The van der Waals surface area contributed by atoms with E-state index in [0.717, 1.165) is 21.9 Å². The molecule has 0 saturated heterocycles. The summed E-state index contributed by atoms with van der Waals surface area (Å²) in [5.41, 5.74) is 3.16. The van der Waals surface area contributed by atoms with Gasteiger partial charge in [-0.3, -0.25) is 0 Å². The smallest absolute Gasteiger partial charge is 0.0321 e. The van der Waals surface area contributed by atoms with Crippen LogP contribution in [-0.2, 0) is 0 Å². The van der Waals surface area contributed by atoms with Crippen molar-refractivity contribution in [2.75, 3.05) is 0 Å². The Kier molecular flexibility index (Phi) is 3.17. The lowest BCUT2D eigenvalue weighted by Gasteiger charge is -2.16. The molecule has 0 fully saturated rings. The minimum Gasteiger partial charge on any atom is -0.115 e. The van der Waals surface area contributed by atoms with Gasteiger partial charge < -0.3 is 0 Å². The minimum absolute atomic E-state index is 0.400. The van der Waals surface area contributed by atoms with E-state index in [1.807, 2.05) is 24.3 Å². The highest BCUT2D eigenvalue weighted by Gasteiger charge is 2.13. The average molecular weight is 268 g/mol. The van der Waals surface area contributed by atoms with Gasteiger partial charge in [-0.2, -0.15) is 0 Å². The predicted molar refractivity (Wildman–Crippen MR) is 91.4 cm³/mol. The van der Waals surface area contributed by atoms with Crippen LogP contribution in [0, 0.1) is 24.7 Å². The van der Waals surface area contributed by atoms with Crippen LogP contribution < -0.4 is 0 Å². The summed E-state index contributed by atoms with van der Waals surface area (Å²) in [7, 11) is 0. The maximum atomic E-state index is 5.67. The van der Waals surface area contributed by atoms with Gasteiger partial charge in [0.15, 0.2) is 0 Å². The van der Waals surface area contributed by atoms with Gasteiger partial charge in [0.1, 0.15) is 0 Å². The van der Waals surface area contributed by atoms with Crippen molar-refractivity contribution in [3.63, 3.8) is 0 Å². The fraction of sp³-hybridized carbons (Fsp3) is 0.143. The van der Waals surface area contributed by atoms with Crippen LogP contribution in [0.3, 0.4) is 0 Å². The second kappa shape index (κ2) is 5.01. The minimum atomic E-state index is 0.400. The Balaban J connectivity index is 2.64. The number of hydrogen-bond acceptors (Lipinski definition) is 0. The molecule has 0 amide bonds. The van der Waals surface area contributed by atoms with Crippen molar-refractivity contribution in [3.8, 4) is 24.7 Å². The Labute approximate surface area is 125 Å². The number of fused-ring (bicyclic) bond motifs is 2. The summed E-state index contributed by atoms with van der Waals surface area (Å²) < 4.78 is 0. The fourth-order valence-electron chi connectivity index (χ4n) is 3.07. The summed E-state index contributed by atoms with van der Waals surface area (Å²) in [5.74, 6) is 5.97. The van der Waals surface area contributed by atoms with E-state index in [0.29, 0.717) is 5.92 Å². The molecule has 3 aromatic carbocycles. The second-order valence-corrected chi connectivity index (χ2v) is 5.54. The molecule has 0 spiro atoms. The van der Waals surface area contributed by atoms with Crippen molar-refractivity contribution in [3.05, 3.63) is 59.2 Å². The zero-order valence-electron chi connectivity index (χ0n) is 12.3. The standard InChI is InChI=1S/C21H16/c1-5-15-9-7-11-17-19(15)13-20-16(6-2)10-8-12-18(20)21(17)14(3)4/h1-2,7-14H,3-4H3. The zero-order chi connectivity index (χ0) is 15.0. The molecule has 0 bridgehead atoms. The maximum Gasteiger partial charge on any atom is 0.0321 e. The molecule has 0 atom stereocenters. The van der Waals surface area contributed by atoms with Gasteiger partial charge in [-0.05, 0) is 51.2 Å². The maximum absolute atomic E-state index is 5.67. The van der Waals surface area contributed by atoms with Crippen molar-refractivity contribution >= 4 is 21.5 Å². The monoisotopic (exact) mass is 268 g/mol. The molecule has 0 aliphatic rings. The molecule has 0 heteroatoms. The SMILES string of the molecule is C#Cc1cccc2c(C(C)C)c3cccc(C#C)c3cc12. The first-order valence-electron chi connectivity index (χ1n) is 7.09. The molecule has 3 aromatic rings. The lowest BCUT2D eigenvalue weighted by molar-refractivity contribution is 0.885. The molecule has 100 valence electrons. The summed E-state index contributed by atoms with van der Waals surface area (Å²) in [6, 6.07) is 14.5. The largest absolute Gasteiger partial charge is 0.115 e. The molecular weight excluding hydrogens is 252 g/mol. The van der Waals surface area contributed by atoms with E-state index in [2.05, 4.69) is 43.9 Å². The van der Waals surface area contributed by atoms with Gasteiger partial charge >= 0.3 is 0 Å². The Morgan fingerprint density at radius 2 is 1.24 bits per heavy atom. The third-order valence-corrected chi connectivity index (χ3v) is 3.97. The molecule has 0 aliphatic carbocycles. The van der Waals surface area contributed by atoms with Crippen LogP contribution in [0.1, 0.15) is 36.5 Å². The van der Waals surface area contributed by atoms with Gasteiger partial charge in [0.05, 0.1) is 0 Å². The first kappa shape index (κ1) is 13.3. The van der Waals surface area contributed by atoms with Crippen molar-refractivity contribution in [1.29, 1.82) is 0 Å². The third-order valence-electron chi connectivity index (χ3n) is 3.97. The van der Waals surface area contributed by atoms with Crippen molar-refractivity contribution < 1.29 is 0 Å². The number of rotatable bonds is 1. The highest BCUT2D eigenvalue weighted by Crippen LogP contribution is 2.35. The van der Waals surface area contributed by atoms with Crippen LogP contribution in [0.4, 0.5) is 0 Å². The van der Waals surface area contributed by atoms with Crippen LogP contribution >= 0.6 is 0 Å². The molecule has 0 aromatic heterocycles. The normalized spacial score (nSPS) is 10.7. The van der Waals surface area contributed by atoms with Crippen LogP contribution in [0.15, 0.2) is 42.5 Å². The summed E-state index contributed by atoms with van der Waals surface area (Å²) in [6.45, 7) is 4.42. The second-order valence-electron chi connectivity index (χ2n) is 5.54. The first-order chi connectivity index (χ1) is 10.2. The van der Waals surface area contributed by atoms with E-state index in [1.54, 1.807) is 0 Å². The summed E-state index contributed by atoms with van der Waals surface area (Å²) in [5, 5.41) is 4.67. The summed E-state index contributed by atoms with van der Waals surface area (Å²) >= 11 is 0. The lowest BCUT2D eigenvalue weighted by atomic mass is 9.87. The van der Waals surface area contributed by atoms with Crippen LogP contribution in [-0.4, -0.2) is 0 Å². The van der Waals surface area contributed by atoms with Crippen molar-refractivity contribution in [2.24, 2.45) is 0 Å². The highest BCUT2D eigenvalue weighted by molar-refractivity contribution is 6.06. The Bertz CT molecular complexity index is 856. The Morgan fingerprint density at radius 3 is 1.62 bits per heavy atom. The molecule has 0 saturated carbocycles. The van der Waals surface area contributed by atoms with Gasteiger partial charge in [-0.1, -0.05) is 50.0 Å². The quantitative estimate of drug-likeness (QED) is 0.426. The molecule has 0 heterocycles. The molecule has 0 nitrogen and oxygen atoms in total. The zero-order valence-corrected chi connectivity index (χ0v) is 12.3. The van der Waals surface area contributed by atoms with Crippen molar-refractivity contribution in [1.82, 2.24) is 0 Å². The van der Waals surface area contributed by atoms with Gasteiger partial charge in [0, 0.05) is 11.1 Å². The first-order valence-corrected chi connectivity index (χ1v) is 7.09. The molecule has 0 N–H and O–H groups in total. The van der Waals surface area contributed by atoms with Gasteiger partial charge in [0.2, 0.25) is 0 Å². The van der Waals surface area contributed by atoms with Gasteiger partial charge in [-0.15, -0.1) is 12.8 Å². The molecule has 0 unspecified atom stereocenters. The van der Waals surface area contributed by atoms with E-state index < -0.39 is 0 Å². The van der Waals surface area contributed by atoms with E-state index in [9.17, 15) is 0 Å². The van der Waals surface area contributed by atoms with E-state index in [4.69, 9.17) is 12.8 Å². The van der Waals surface area contributed by atoms with E-state index in [1.165, 1.54) is 16.3 Å². The Hall–Kier alpha value is -2.70. The molecule has 3 rings (SSSR count). The topological polar surface area (TPSA) is 0 Å². The number of benzene rings is 3. The van der Waals surface area contributed by atoms with Gasteiger partial charge in [0.25, 0.3) is 0 Å². The number of hydrogen-bond donors (Lipinski definition) is 0. The third kappa shape index (κ3) is 1.97. The van der Waals surface area contributed by atoms with Crippen molar-refractivity contribution in [2.45, 2.75) is 19.8 Å². The molecular formula is C21H16. The highest BCUT2D eigenvalue weighted by atomic mass is 14.2. The molecule has 0 aliphatic heterocycles. The molecule has 0 radical (unpaired) electrons. The van der Waals surface area contributed by atoms with E-state index >= 15 is 0 Å². The van der Waals surface area contributed by atoms with E-state index in [-0.39, 0.29) is 0 Å². The Morgan fingerprint density at radius 1 is 0.762 bits per heavy atom. The number of terminal acetylenes is 2. The lowest BCUT2D eigenvalue weighted by Crippen LogP contribution is -1.95. The predicted octanol–water partition coefficient (Wildman–Crippen LogP) is 5.08. The van der Waals surface area contributed by atoms with Crippen LogP contribution in [0.2, 0.25) is 0 Å². The summed E-state index contributed by atoms with van der Waals surface area (Å²) in [4.78, 5) is 0. The average Bonchev–Trinajstić information content (AvgIpc) is 2.50. The van der Waals surface area contributed by atoms with Crippen LogP contribution in [0.25, 0.3) is 21.5 Å². The van der Waals surface area contributed by atoms with Crippen LogP contribution in [0.5, 0.6) is 0 Å². The fourth-order valence-corrected chi connectivity index (χ4v) is 3.07. The molecule has 21 heavy (non-hydrogen) atoms. The van der Waals surface area contributed by atoms with Gasteiger partial charge in [-0.25, -0.2) is 0 Å². The summed E-state index contributed by atoms with van der Waals surface area (Å²) in [6.07, 6.45) is 11.3.